The number of carbonyl (C=O) groups is 1. The summed E-state index contributed by atoms with van der Waals surface area (Å²) in [7, 11) is 0. The highest BCUT2D eigenvalue weighted by atomic mass is 16.6. The van der Waals surface area contributed by atoms with E-state index in [4.69, 9.17) is 14.2 Å². The summed E-state index contributed by atoms with van der Waals surface area (Å²) < 4.78 is 17.3. The Hall–Kier alpha value is -3.12. The predicted octanol–water partition coefficient (Wildman–Crippen LogP) is 5.97. The van der Waals surface area contributed by atoms with Gasteiger partial charge in [-0.05, 0) is 69.2 Å². The van der Waals surface area contributed by atoms with Crippen molar-refractivity contribution in [1.82, 2.24) is 9.88 Å². The third-order valence-electron chi connectivity index (χ3n) is 6.09. The van der Waals surface area contributed by atoms with Gasteiger partial charge in [0, 0.05) is 18.3 Å². The second-order valence-corrected chi connectivity index (χ2v) is 10.1. The number of aromatic nitrogens is 1. The third kappa shape index (κ3) is 7.43. The summed E-state index contributed by atoms with van der Waals surface area (Å²) in [6.45, 7) is 8.15. The molecule has 1 unspecified atom stereocenters. The molecule has 1 aliphatic carbocycles. The molecule has 0 N–H and O–H groups in total. The largest absolute Gasteiger partial charge is 0.490 e. The quantitative estimate of drug-likeness (QED) is 0.417. The zero-order valence-electron chi connectivity index (χ0n) is 21.0. The van der Waals surface area contributed by atoms with E-state index in [1.54, 1.807) is 11.1 Å². The number of rotatable bonds is 9. The van der Waals surface area contributed by atoms with Crippen molar-refractivity contribution in [2.24, 2.45) is 0 Å². The van der Waals surface area contributed by atoms with Crippen LogP contribution in [0.3, 0.4) is 0 Å². The van der Waals surface area contributed by atoms with Crippen LogP contribution in [-0.4, -0.2) is 54.0 Å². The Balaban J connectivity index is 1.25. The van der Waals surface area contributed by atoms with Gasteiger partial charge in [-0.25, -0.2) is 4.79 Å². The van der Waals surface area contributed by atoms with Gasteiger partial charge in [-0.15, -0.1) is 0 Å². The Morgan fingerprint density at radius 2 is 1.94 bits per heavy atom. The van der Waals surface area contributed by atoms with Crippen LogP contribution in [0.2, 0.25) is 0 Å². The van der Waals surface area contributed by atoms with Crippen molar-refractivity contribution < 1.29 is 19.0 Å². The molecule has 35 heavy (non-hydrogen) atoms. The smallest absolute Gasteiger partial charge is 0.410 e. The summed E-state index contributed by atoms with van der Waals surface area (Å²) >= 11 is 0. The van der Waals surface area contributed by atoms with E-state index in [1.807, 2.05) is 33.0 Å². The highest BCUT2D eigenvalue weighted by Gasteiger charge is 2.35. The fraction of sp³-hybridized carbons (Fsp3) is 0.448. The van der Waals surface area contributed by atoms with Crippen molar-refractivity contribution in [2.75, 3.05) is 26.4 Å². The number of allylic oxidation sites excluding steroid dienone is 2. The lowest BCUT2D eigenvalue weighted by Gasteiger charge is -2.40. The SMILES string of the molecule is CC(C)(C)OC(=O)N1CCC1COc1cncc(-c2ccc(CCOCC3=CCCC=C3)cc2)c1. The van der Waals surface area contributed by atoms with Crippen molar-refractivity contribution in [3.8, 4) is 16.9 Å². The second kappa shape index (κ2) is 11.5. The van der Waals surface area contributed by atoms with Crippen LogP contribution in [-0.2, 0) is 15.9 Å². The molecule has 0 radical (unpaired) electrons. The van der Waals surface area contributed by atoms with E-state index >= 15 is 0 Å². The molecule has 0 spiro atoms. The van der Waals surface area contributed by atoms with Gasteiger partial charge < -0.3 is 19.1 Å². The zero-order chi connectivity index (χ0) is 24.7. The maximum Gasteiger partial charge on any atom is 0.410 e. The van der Waals surface area contributed by atoms with Crippen molar-refractivity contribution in [3.05, 3.63) is 72.1 Å². The average Bonchev–Trinajstić information content (AvgIpc) is 2.81. The van der Waals surface area contributed by atoms with Crippen LogP contribution >= 0.6 is 0 Å². The van der Waals surface area contributed by atoms with Crippen LogP contribution in [0.1, 0.15) is 45.6 Å². The minimum Gasteiger partial charge on any atom is -0.490 e. The van der Waals surface area contributed by atoms with Gasteiger partial charge in [0.05, 0.1) is 25.5 Å². The van der Waals surface area contributed by atoms with E-state index in [2.05, 4.69) is 47.5 Å². The fourth-order valence-electron chi connectivity index (χ4n) is 4.04. The molecule has 1 aliphatic heterocycles. The van der Waals surface area contributed by atoms with Crippen molar-refractivity contribution in [3.63, 3.8) is 0 Å². The lowest BCUT2D eigenvalue weighted by Crippen LogP contribution is -2.55. The van der Waals surface area contributed by atoms with Gasteiger partial charge in [0.25, 0.3) is 0 Å². The van der Waals surface area contributed by atoms with E-state index in [1.165, 1.54) is 11.1 Å². The van der Waals surface area contributed by atoms with E-state index in [9.17, 15) is 4.79 Å². The minimum absolute atomic E-state index is 0.0282. The van der Waals surface area contributed by atoms with E-state index in [0.29, 0.717) is 32.1 Å². The summed E-state index contributed by atoms with van der Waals surface area (Å²) in [5.74, 6) is 0.696. The highest BCUT2D eigenvalue weighted by molar-refractivity contribution is 5.69. The summed E-state index contributed by atoms with van der Waals surface area (Å²) in [5, 5.41) is 0. The Kier molecular flexibility index (Phi) is 8.24. The molecule has 1 amide bonds. The molecule has 2 aromatic rings. The molecule has 2 heterocycles. The summed E-state index contributed by atoms with van der Waals surface area (Å²) in [4.78, 5) is 18.4. The number of nitrogens with zero attached hydrogens (tertiary/aromatic N) is 2. The van der Waals surface area contributed by atoms with Gasteiger partial charge in [0.15, 0.2) is 0 Å². The van der Waals surface area contributed by atoms with Gasteiger partial charge in [-0.3, -0.25) is 4.98 Å². The molecule has 6 nitrogen and oxygen atoms in total. The first-order valence-corrected chi connectivity index (χ1v) is 12.5. The van der Waals surface area contributed by atoms with Gasteiger partial charge in [0.2, 0.25) is 0 Å². The number of carbonyl (C=O) groups excluding carboxylic acids is 1. The van der Waals surface area contributed by atoms with Crippen LogP contribution < -0.4 is 4.74 Å². The molecule has 1 aromatic carbocycles. The van der Waals surface area contributed by atoms with E-state index in [0.717, 1.165) is 36.8 Å². The fourth-order valence-corrected chi connectivity index (χ4v) is 4.04. The molecule has 6 heteroatoms. The Morgan fingerprint density at radius 1 is 1.11 bits per heavy atom. The van der Waals surface area contributed by atoms with Crippen molar-refractivity contribution in [2.45, 2.75) is 58.1 Å². The monoisotopic (exact) mass is 476 g/mol. The topological polar surface area (TPSA) is 60.9 Å². The van der Waals surface area contributed by atoms with Crippen LogP contribution in [0.15, 0.2) is 66.5 Å². The molecule has 1 fully saturated rings. The first kappa shape index (κ1) is 25.0. The lowest BCUT2D eigenvalue weighted by atomic mass is 10.0. The number of hydrogen-bond donors (Lipinski definition) is 0. The maximum absolute atomic E-state index is 12.3. The number of pyridine rings is 1. The van der Waals surface area contributed by atoms with E-state index in [-0.39, 0.29) is 12.1 Å². The summed E-state index contributed by atoms with van der Waals surface area (Å²) in [6, 6.07) is 10.5. The summed E-state index contributed by atoms with van der Waals surface area (Å²) in [5.41, 5.74) is 4.11. The van der Waals surface area contributed by atoms with Crippen molar-refractivity contribution in [1.29, 1.82) is 0 Å². The highest BCUT2D eigenvalue weighted by Crippen LogP contribution is 2.26. The number of benzene rings is 1. The maximum atomic E-state index is 12.3. The molecule has 1 saturated heterocycles. The summed E-state index contributed by atoms with van der Waals surface area (Å²) in [6.07, 6.45) is 13.9. The lowest BCUT2D eigenvalue weighted by molar-refractivity contribution is -0.0141. The molecule has 2 aliphatic rings. The molecular formula is C29H36N2O4. The molecule has 1 aromatic heterocycles. The van der Waals surface area contributed by atoms with Gasteiger partial charge in [-0.2, -0.15) is 0 Å². The average molecular weight is 477 g/mol. The van der Waals surface area contributed by atoms with Crippen molar-refractivity contribution >= 4 is 6.09 Å². The Morgan fingerprint density at radius 3 is 2.63 bits per heavy atom. The molecule has 0 bridgehead atoms. The van der Waals surface area contributed by atoms with Crippen LogP contribution in [0, 0.1) is 0 Å². The Labute approximate surface area is 208 Å². The normalized spacial score (nSPS) is 17.5. The van der Waals surface area contributed by atoms with Crippen LogP contribution in [0.25, 0.3) is 11.1 Å². The Bertz CT molecular complexity index is 1050. The van der Waals surface area contributed by atoms with Crippen LogP contribution in [0.4, 0.5) is 4.79 Å². The second-order valence-electron chi connectivity index (χ2n) is 10.1. The first-order valence-electron chi connectivity index (χ1n) is 12.5. The standard InChI is InChI=1S/C29H36N2O4/c1-29(2,3)35-28(32)31-15-13-26(31)21-34-27-17-25(18-30-19-27)24-11-9-22(10-12-24)14-16-33-20-23-7-5-4-6-8-23/h5,7-12,17-19,26H,4,6,13-16,20-21H2,1-3H3. The zero-order valence-corrected chi connectivity index (χ0v) is 21.0. The van der Waals surface area contributed by atoms with Gasteiger partial charge in [0.1, 0.15) is 18.0 Å². The minimum atomic E-state index is -0.497. The molecular weight excluding hydrogens is 440 g/mol. The molecule has 186 valence electrons. The molecule has 0 saturated carbocycles. The molecule has 4 rings (SSSR count). The van der Waals surface area contributed by atoms with E-state index < -0.39 is 5.60 Å². The number of hydrogen-bond acceptors (Lipinski definition) is 5. The third-order valence-corrected chi connectivity index (χ3v) is 6.09. The predicted molar refractivity (Wildman–Crippen MR) is 137 cm³/mol. The molecule has 1 atom stereocenters. The van der Waals surface area contributed by atoms with Gasteiger partial charge >= 0.3 is 6.09 Å². The number of amides is 1. The van der Waals surface area contributed by atoms with Gasteiger partial charge in [-0.1, -0.05) is 42.5 Å². The van der Waals surface area contributed by atoms with Crippen LogP contribution in [0.5, 0.6) is 5.75 Å². The number of likely N-dealkylation sites (tertiary alicyclic amines) is 1. The first-order chi connectivity index (χ1) is 16.9. The number of ether oxygens (including phenoxy) is 3.